The van der Waals surface area contributed by atoms with E-state index in [2.05, 4.69) is 39.3 Å². The second-order valence-corrected chi connectivity index (χ2v) is 11.4. The molecule has 1 aromatic carbocycles. The van der Waals surface area contributed by atoms with E-state index in [9.17, 15) is 15.3 Å². The maximum atomic E-state index is 12.1. The van der Waals surface area contributed by atoms with E-state index >= 15 is 0 Å². The third-order valence-electron chi connectivity index (χ3n) is 8.16. The average Bonchev–Trinajstić information content (AvgIpc) is 3.09. The van der Waals surface area contributed by atoms with Crippen LogP contribution in [0.1, 0.15) is 56.4 Å². The number of aromatic nitrogens is 1. The first-order valence-corrected chi connectivity index (χ1v) is 13.8. The normalized spacial score (nSPS) is 24.6. The summed E-state index contributed by atoms with van der Waals surface area (Å²) in [4.78, 5) is 18.9. The minimum absolute atomic E-state index is 0.416. The van der Waals surface area contributed by atoms with Gasteiger partial charge in [-0.15, -0.1) is 4.91 Å². The van der Waals surface area contributed by atoms with E-state index < -0.39 is 17.1 Å². The van der Waals surface area contributed by atoms with Gasteiger partial charge in [0.2, 0.25) is 0 Å². The Morgan fingerprint density at radius 3 is 2.82 bits per heavy atom. The van der Waals surface area contributed by atoms with Crippen molar-refractivity contribution in [3.8, 4) is 6.07 Å². The second-order valence-electron chi connectivity index (χ2n) is 11.0. The van der Waals surface area contributed by atoms with Crippen LogP contribution in [0.15, 0.2) is 76.8 Å². The zero-order chi connectivity index (χ0) is 27.6. The van der Waals surface area contributed by atoms with E-state index in [1.807, 2.05) is 19.9 Å². The molecule has 2 aromatic rings. The Morgan fingerprint density at radius 1 is 1.31 bits per heavy atom. The van der Waals surface area contributed by atoms with Gasteiger partial charge < -0.3 is 14.7 Å². The highest BCUT2D eigenvalue weighted by Crippen LogP contribution is 2.43. The van der Waals surface area contributed by atoms with Crippen molar-refractivity contribution in [2.24, 2.45) is 11.1 Å². The van der Waals surface area contributed by atoms with E-state index in [0.717, 1.165) is 65.1 Å². The first-order chi connectivity index (χ1) is 18.7. The highest BCUT2D eigenvalue weighted by molar-refractivity contribution is 6.30. The highest BCUT2D eigenvalue weighted by atomic mass is 35.5. The fraction of sp³-hybridized carbons (Fsp3) is 0.419. The molecule has 2 aliphatic heterocycles. The molecule has 1 aliphatic carbocycles. The van der Waals surface area contributed by atoms with E-state index in [1.165, 1.54) is 0 Å². The number of ether oxygens (including phenoxy) is 1. The van der Waals surface area contributed by atoms with E-state index in [4.69, 9.17) is 16.3 Å². The number of aliphatic hydroxyl groups is 1. The minimum Gasteiger partial charge on any atom is -0.491 e. The Hall–Kier alpha value is -3.31. The van der Waals surface area contributed by atoms with Crippen LogP contribution < -0.4 is 0 Å². The summed E-state index contributed by atoms with van der Waals surface area (Å²) in [6.07, 6.45) is 8.78. The quantitative estimate of drug-likeness (QED) is 0.429. The maximum Gasteiger partial charge on any atom is 0.146 e. The number of nitrogens with zero attached hydrogens (tertiary/aromatic N) is 4. The van der Waals surface area contributed by atoms with Gasteiger partial charge in [0.05, 0.1) is 23.3 Å². The molecule has 1 N–H and O–H groups in total. The van der Waals surface area contributed by atoms with Crippen molar-refractivity contribution in [1.29, 1.82) is 5.26 Å². The highest BCUT2D eigenvalue weighted by Gasteiger charge is 2.46. The van der Waals surface area contributed by atoms with Gasteiger partial charge in [0.25, 0.3) is 0 Å². The fourth-order valence-corrected chi connectivity index (χ4v) is 6.01. The average molecular weight is 545 g/mol. The molecule has 8 heteroatoms. The number of piperidine rings is 1. The summed E-state index contributed by atoms with van der Waals surface area (Å²) in [5, 5.41) is 24.8. The lowest BCUT2D eigenvalue weighted by Crippen LogP contribution is -2.48. The molecule has 1 aromatic heterocycles. The Labute approximate surface area is 234 Å². The number of halogens is 1. The van der Waals surface area contributed by atoms with Crippen molar-refractivity contribution in [2.75, 3.05) is 19.6 Å². The van der Waals surface area contributed by atoms with E-state index in [0.29, 0.717) is 31.1 Å². The van der Waals surface area contributed by atoms with E-state index in [1.54, 1.807) is 30.5 Å². The number of fused-ring (bicyclic) bond motifs is 1. The zero-order valence-electron chi connectivity index (χ0n) is 22.4. The number of nitriles is 1. The van der Waals surface area contributed by atoms with Crippen molar-refractivity contribution in [3.05, 3.63) is 98.4 Å². The van der Waals surface area contributed by atoms with E-state index in [-0.39, 0.29) is 0 Å². The lowest BCUT2D eigenvalue weighted by atomic mass is 9.74. The number of benzene rings is 1. The van der Waals surface area contributed by atoms with Gasteiger partial charge in [-0.3, -0.25) is 4.98 Å². The molecule has 2 atom stereocenters. The predicted octanol–water partition coefficient (Wildman–Crippen LogP) is 6.29. The smallest absolute Gasteiger partial charge is 0.146 e. The minimum atomic E-state index is -1.07. The number of allylic oxidation sites excluding steroid dienone is 4. The van der Waals surface area contributed by atoms with Crippen LogP contribution in [-0.4, -0.2) is 40.2 Å². The van der Waals surface area contributed by atoms with Crippen molar-refractivity contribution in [2.45, 2.75) is 57.3 Å². The molecule has 5 rings (SSSR count). The first-order valence-electron chi connectivity index (χ1n) is 13.4. The molecule has 0 saturated carbocycles. The fourth-order valence-electron chi connectivity index (χ4n) is 5.88. The monoisotopic (exact) mass is 544 g/mol. The summed E-state index contributed by atoms with van der Waals surface area (Å²) >= 11 is 6.05. The molecule has 0 amide bonds. The molecular weight excluding hydrogens is 512 g/mol. The Balaban J connectivity index is 1.38. The van der Waals surface area contributed by atoms with Crippen molar-refractivity contribution in [1.82, 2.24) is 9.88 Å². The Morgan fingerprint density at radius 2 is 2.10 bits per heavy atom. The van der Waals surface area contributed by atoms with Gasteiger partial charge >= 0.3 is 0 Å². The molecule has 0 spiro atoms. The molecule has 39 heavy (non-hydrogen) atoms. The largest absolute Gasteiger partial charge is 0.491 e. The number of hydrogen-bond donors (Lipinski definition) is 1. The molecule has 1 saturated heterocycles. The molecule has 202 valence electrons. The van der Waals surface area contributed by atoms with Crippen LogP contribution >= 0.6 is 11.6 Å². The standard InChI is InChI=1S/C31H33ClN4O3/c1-30(2,37)22-9-12-29-27(17-22)25(26-5-3-14-34-28(26)20-39-29)6-4-15-36-16-13-31(35-38,23(18-33)19-36)21-7-10-24(32)11-8-21/h3,5-8,10-11,14,17,23,37H,4,9,12-13,15-16,19-20H2,1-2H3/b25-6+. The van der Waals surface area contributed by atoms with Crippen molar-refractivity contribution < 1.29 is 9.84 Å². The molecule has 3 aliphatic rings. The van der Waals surface area contributed by atoms with Gasteiger partial charge in [0, 0.05) is 48.4 Å². The SMILES string of the molecule is CC(C)(O)C1=CC2=C(CC1)OCc1ncccc1/C2=C\CCN1CCC(N=O)(c2ccc(Cl)cc2)C(C#N)C1. The third kappa shape index (κ3) is 5.42. The van der Waals surface area contributed by atoms with Gasteiger partial charge in [-0.25, -0.2) is 0 Å². The summed E-state index contributed by atoms with van der Waals surface area (Å²) < 4.78 is 6.19. The van der Waals surface area contributed by atoms with Gasteiger partial charge in [0.1, 0.15) is 17.9 Å². The van der Waals surface area contributed by atoms with Crippen LogP contribution in [0.5, 0.6) is 0 Å². The van der Waals surface area contributed by atoms with Crippen molar-refractivity contribution >= 4 is 17.2 Å². The summed E-state index contributed by atoms with van der Waals surface area (Å²) in [5.74, 6) is 0.373. The van der Waals surface area contributed by atoms with Gasteiger partial charge in [-0.2, -0.15) is 5.26 Å². The number of nitroso groups, excluding NO2 is 1. The van der Waals surface area contributed by atoms with Crippen LogP contribution in [0.2, 0.25) is 5.02 Å². The van der Waals surface area contributed by atoms with Crippen LogP contribution in [0.3, 0.4) is 0 Å². The summed E-state index contributed by atoms with van der Waals surface area (Å²) in [6, 6.07) is 13.5. The molecule has 2 unspecified atom stereocenters. The summed E-state index contributed by atoms with van der Waals surface area (Å²) in [6.45, 7) is 5.92. The number of rotatable bonds is 6. The number of hydrogen-bond acceptors (Lipinski definition) is 7. The zero-order valence-corrected chi connectivity index (χ0v) is 23.1. The van der Waals surface area contributed by atoms with Gasteiger partial charge in [-0.05, 0) is 74.1 Å². The molecular formula is C31H33ClN4O3. The topological polar surface area (TPSA) is 98.8 Å². The number of likely N-dealkylation sites (tertiary alicyclic amines) is 1. The van der Waals surface area contributed by atoms with Crippen LogP contribution in [0, 0.1) is 22.2 Å². The first kappa shape index (κ1) is 27.3. The molecule has 7 nitrogen and oxygen atoms in total. The Kier molecular flexibility index (Phi) is 7.73. The second kappa shape index (κ2) is 11.1. The molecule has 0 radical (unpaired) electrons. The molecule has 0 bridgehead atoms. The maximum absolute atomic E-state index is 12.1. The molecule has 1 fully saturated rings. The lowest BCUT2D eigenvalue weighted by molar-refractivity contribution is 0.112. The van der Waals surface area contributed by atoms with Crippen LogP contribution in [0.25, 0.3) is 5.57 Å². The van der Waals surface area contributed by atoms with Gasteiger partial charge in [-0.1, -0.05) is 41.1 Å². The molecule has 3 heterocycles. The predicted molar refractivity (Wildman–Crippen MR) is 151 cm³/mol. The lowest BCUT2D eigenvalue weighted by Gasteiger charge is -2.40. The third-order valence-corrected chi connectivity index (χ3v) is 8.41. The number of pyridine rings is 1. The Bertz CT molecular complexity index is 1380. The van der Waals surface area contributed by atoms with Crippen LogP contribution in [-0.2, 0) is 16.9 Å². The summed E-state index contributed by atoms with van der Waals surface area (Å²) in [7, 11) is 0. The summed E-state index contributed by atoms with van der Waals surface area (Å²) in [5.41, 5.74) is 3.74. The van der Waals surface area contributed by atoms with Crippen LogP contribution in [0.4, 0.5) is 0 Å². The van der Waals surface area contributed by atoms with Gasteiger partial charge in [0.15, 0.2) is 0 Å². The van der Waals surface area contributed by atoms with Crippen molar-refractivity contribution in [3.63, 3.8) is 0 Å².